The van der Waals surface area contributed by atoms with Crippen molar-refractivity contribution in [2.24, 2.45) is 17.1 Å². The molecule has 0 unspecified atom stereocenters. The molecule has 38 heavy (non-hydrogen) atoms. The Morgan fingerprint density at radius 2 is 1.21 bits per heavy atom. The minimum absolute atomic E-state index is 0. The van der Waals surface area contributed by atoms with Crippen LogP contribution >= 0.6 is 0 Å². The van der Waals surface area contributed by atoms with Gasteiger partial charge in [0.05, 0.1) is 6.10 Å². The zero-order valence-electron chi connectivity index (χ0n) is 26.4. The van der Waals surface area contributed by atoms with Crippen molar-refractivity contribution in [1.82, 2.24) is 6.15 Å². The Morgan fingerprint density at radius 1 is 0.868 bits per heavy atom. The van der Waals surface area contributed by atoms with Crippen LogP contribution in [0.25, 0.3) is 0 Å². The van der Waals surface area contributed by atoms with E-state index in [-0.39, 0.29) is 26.5 Å². The lowest BCUT2D eigenvalue weighted by atomic mass is 9.87. The molecule has 0 amide bonds. The fourth-order valence-electron chi connectivity index (χ4n) is 2.80. The van der Waals surface area contributed by atoms with E-state index in [0.29, 0.717) is 11.5 Å². The van der Waals surface area contributed by atoms with E-state index in [1.807, 2.05) is 77.1 Å². The smallest absolute Gasteiger partial charge is 0.0753 e. The van der Waals surface area contributed by atoms with Crippen molar-refractivity contribution in [1.29, 1.82) is 0 Å². The van der Waals surface area contributed by atoms with Gasteiger partial charge < -0.3 is 22.1 Å². The van der Waals surface area contributed by atoms with Crippen LogP contribution < -0.4 is 11.9 Å². The van der Waals surface area contributed by atoms with Gasteiger partial charge in [-0.2, -0.15) is 0 Å². The number of benzene rings is 1. The summed E-state index contributed by atoms with van der Waals surface area (Å²) in [6, 6.07) is 12.0. The third-order valence-corrected chi connectivity index (χ3v) is 5.15. The lowest BCUT2D eigenvalue weighted by molar-refractivity contribution is 0.0653. The van der Waals surface area contributed by atoms with Gasteiger partial charge in [-0.15, -0.1) is 6.58 Å². The van der Waals surface area contributed by atoms with Gasteiger partial charge in [0.1, 0.15) is 0 Å². The Labute approximate surface area is 243 Å². The molecule has 1 aliphatic rings. The molecule has 1 atom stereocenters. The number of hydrogen-bond acceptors (Lipinski definition) is 3. The van der Waals surface area contributed by atoms with Crippen LogP contribution in [0, 0.1) is 11.3 Å². The van der Waals surface area contributed by atoms with Crippen molar-refractivity contribution >= 4 is 0 Å². The second-order valence-electron chi connectivity index (χ2n) is 9.20. The number of nitrogens with two attached hydrogens (primary N) is 1. The summed E-state index contributed by atoms with van der Waals surface area (Å²) < 4.78 is 5.82. The van der Waals surface area contributed by atoms with E-state index in [9.17, 15) is 0 Å². The van der Waals surface area contributed by atoms with Gasteiger partial charge in [-0.05, 0) is 30.7 Å². The zero-order chi connectivity index (χ0) is 27.1. The van der Waals surface area contributed by atoms with Crippen molar-refractivity contribution in [2.45, 2.75) is 148 Å². The third kappa shape index (κ3) is 55.4. The average molecular weight is 547 g/mol. The van der Waals surface area contributed by atoms with Gasteiger partial charge in [0.25, 0.3) is 0 Å². The highest BCUT2D eigenvalue weighted by Gasteiger charge is 2.13. The van der Waals surface area contributed by atoms with E-state index in [0.717, 1.165) is 25.5 Å². The van der Waals surface area contributed by atoms with Crippen LogP contribution in [0.3, 0.4) is 0 Å². The quantitative estimate of drug-likeness (QED) is 0.332. The zero-order valence-corrected chi connectivity index (χ0v) is 26.4. The summed E-state index contributed by atoms with van der Waals surface area (Å²) in [6.45, 7) is 26.5. The lowest BCUT2D eigenvalue weighted by Gasteiger charge is -2.22. The fraction of sp³-hybridized carbons (Fsp3) is 0.765. The van der Waals surface area contributed by atoms with Crippen LogP contribution in [0.5, 0.6) is 0 Å². The van der Waals surface area contributed by atoms with E-state index >= 15 is 0 Å². The van der Waals surface area contributed by atoms with Crippen LogP contribution in [0.4, 0.5) is 0 Å². The summed E-state index contributed by atoms with van der Waals surface area (Å²) >= 11 is 0. The molecule has 0 bridgehead atoms. The molecule has 0 aliphatic heterocycles. The summed E-state index contributed by atoms with van der Waals surface area (Å²) in [4.78, 5) is 0. The number of hydrogen-bond donors (Lipinski definition) is 2. The molecule has 0 saturated heterocycles. The van der Waals surface area contributed by atoms with Gasteiger partial charge in [0.15, 0.2) is 0 Å². The number of rotatable bonds is 7. The summed E-state index contributed by atoms with van der Waals surface area (Å²) in [7, 11) is 0. The molecule has 0 spiro atoms. The molecule has 0 aromatic heterocycles. The maximum atomic E-state index is 5.82. The molecule has 0 heterocycles. The maximum Gasteiger partial charge on any atom is 0.0753 e. The van der Waals surface area contributed by atoms with Crippen molar-refractivity contribution < 1.29 is 10.2 Å². The van der Waals surface area contributed by atoms with Gasteiger partial charge in [-0.1, -0.05) is 172 Å². The van der Waals surface area contributed by atoms with E-state index in [4.69, 9.17) is 10.5 Å². The van der Waals surface area contributed by atoms with E-state index in [2.05, 4.69) is 41.2 Å². The minimum atomic E-state index is 0. The first-order valence-corrected chi connectivity index (χ1v) is 14.3. The highest BCUT2D eigenvalue weighted by atomic mass is 16.5. The van der Waals surface area contributed by atoms with Gasteiger partial charge >= 0.3 is 0 Å². The Kier molecular flexibility index (Phi) is 73.1. The first kappa shape index (κ1) is 56.9. The summed E-state index contributed by atoms with van der Waals surface area (Å²) in [5.41, 5.74) is 5.39. The first-order valence-electron chi connectivity index (χ1n) is 14.3. The predicted molar refractivity (Wildman–Crippen MR) is 182 cm³/mol. The molecule has 1 aliphatic carbocycles. The van der Waals surface area contributed by atoms with Crippen molar-refractivity contribution in [2.75, 3.05) is 13.2 Å². The first-order chi connectivity index (χ1) is 16.3. The van der Waals surface area contributed by atoms with Gasteiger partial charge in [0, 0.05) is 6.61 Å². The summed E-state index contributed by atoms with van der Waals surface area (Å²) in [5, 5.41) is 0. The summed E-state index contributed by atoms with van der Waals surface area (Å²) in [5.74, 6) is 0.936. The standard InChI is InChI=1S/C14H26O.C6H6.C6H14.C2H7N.2C2H6.2CH4.H3N.H2O/c1-3-8-14(4-2)15-12-11-13-9-6-5-7-10-13;1-2-4-6-5-3-1;1-5-6(2,3)4;1-2-3;2*1-2;;;;/h4,13-14H,2-3,5-12H2,1H3;1-6H;5H2,1-4H3;2-3H2,1H3;2*1-2H3;2*1H4;1H3;1H2/t14-;;;;;;;;;/m0........./s1. The maximum absolute atomic E-state index is 5.82. The molecule has 1 aromatic carbocycles. The lowest BCUT2D eigenvalue weighted by Crippen LogP contribution is -2.14. The fourth-order valence-corrected chi connectivity index (χ4v) is 2.80. The van der Waals surface area contributed by atoms with Crippen LogP contribution in [0.1, 0.15) is 142 Å². The second kappa shape index (κ2) is 48.8. The van der Waals surface area contributed by atoms with E-state index in [1.54, 1.807) is 0 Å². The van der Waals surface area contributed by atoms with Crippen LogP contribution in [0.2, 0.25) is 0 Å². The molecule has 1 fully saturated rings. The molecule has 1 saturated carbocycles. The Hall–Kier alpha value is -1.20. The SMILES string of the molecule is C.C.C=C[C@@H](CCC)OCCC1CCCCC1.CC.CC.CCC(C)(C)C.CCN.N.O.c1ccccc1. The highest BCUT2D eigenvalue weighted by Crippen LogP contribution is 2.26. The monoisotopic (exact) mass is 547 g/mol. The molecule has 4 nitrogen and oxygen atoms in total. The molecule has 2 rings (SSSR count). The molecular weight excluding hydrogens is 468 g/mol. The van der Waals surface area contributed by atoms with Crippen LogP contribution in [-0.2, 0) is 4.74 Å². The third-order valence-electron chi connectivity index (χ3n) is 5.15. The topological polar surface area (TPSA) is 102 Å². The van der Waals surface area contributed by atoms with Gasteiger partial charge in [-0.3, -0.25) is 0 Å². The Balaban J connectivity index is -0.0000000554. The molecule has 236 valence electrons. The molecule has 4 heteroatoms. The Morgan fingerprint density at radius 3 is 1.47 bits per heavy atom. The van der Waals surface area contributed by atoms with Crippen molar-refractivity contribution in [3.05, 3.63) is 49.1 Å². The van der Waals surface area contributed by atoms with Crippen LogP contribution in [-0.4, -0.2) is 24.7 Å². The molecular formula is C34H78N2O2. The van der Waals surface area contributed by atoms with Crippen LogP contribution in [0.15, 0.2) is 49.1 Å². The molecule has 1 aromatic rings. The van der Waals surface area contributed by atoms with E-state index in [1.165, 1.54) is 51.4 Å². The van der Waals surface area contributed by atoms with Crippen molar-refractivity contribution in [3.63, 3.8) is 0 Å². The average Bonchev–Trinajstić information content (AvgIpc) is 2.88. The van der Waals surface area contributed by atoms with E-state index < -0.39 is 0 Å². The predicted octanol–water partition coefficient (Wildman–Crippen LogP) is 11.1. The normalized spacial score (nSPS) is 11.9. The van der Waals surface area contributed by atoms with Gasteiger partial charge in [-0.25, -0.2) is 0 Å². The molecule has 0 radical (unpaired) electrons. The molecule has 7 N–H and O–H groups in total. The second-order valence-corrected chi connectivity index (χ2v) is 9.20. The largest absolute Gasteiger partial charge is 0.412 e. The highest BCUT2D eigenvalue weighted by molar-refractivity contribution is 4.99. The van der Waals surface area contributed by atoms with Crippen molar-refractivity contribution in [3.8, 4) is 0 Å². The Bertz CT molecular complexity index is 415. The minimum Gasteiger partial charge on any atom is -0.412 e. The van der Waals surface area contributed by atoms with Gasteiger partial charge in [0.2, 0.25) is 0 Å². The number of ether oxygens (including phenoxy) is 1. The summed E-state index contributed by atoms with van der Waals surface area (Å²) in [6.07, 6.45) is 14.2.